The van der Waals surface area contributed by atoms with Gasteiger partial charge < -0.3 is 4.52 Å². The lowest BCUT2D eigenvalue weighted by atomic mass is 10.4. The van der Waals surface area contributed by atoms with Crippen molar-refractivity contribution in [1.29, 1.82) is 0 Å². The molecule has 0 saturated heterocycles. The van der Waals surface area contributed by atoms with Gasteiger partial charge in [-0.05, 0) is 26.0 Å². The van der Waals surface area contributed by atoms with Crippen LogP contribution in [0.1, 0.15) is 26.5 Å². The number of carbonyl (C=O) groups is 1. The largest absolute Gasteiger partial charge is 0.338 e. The molecule has 12 heteroatoms. The second-order valence-corrected chi connectivity index (χ2v) is 9.49. The van der Waals surface area contributed by atoms with Gasteiger partial charge in [-0.2, -0.15) is 4.31 Å². The number of rotatable bonds is 8. The Morgan fingerprint density at radius 3 is 2.66 bits per heavy atom. The van der Waals surface area contributed by atoms with Crippen LogP contribution in [0.5, 0.6) is 0 Å². The molecule has 0 unspecified atom stereocenters. The number of anilines is 1. The van der Waals surface area contributed by atoms with Crippen LogP contribution in [-0.2, 0) is 14.8 Å². The number of hydrogen-bond acceptors (Lipinski definition) is 8. The zero-order valence-electron chi connectivity index (χ0n) is 16.5. The summed E-state index contributed by atoms with van der Waals surface area (Å²) in [6.07, 6.45) is 1.48. The van der Waals surface area contributed by atoms with Crippen molar-refractivity contribution < 1.29 is 17.7 Å². The maximum absolute atomic E-state index is 12.8. The van der Waals surface area contributed by atoms with Gasteiger partial charge in [0.15, 0.2) is 10.8 Å². The lowest BCUT2D eigenvalue weighted by molar-refractivity contribution is -0.115. The highest BCUT2D eigenvalue weighted by atomic mass is 32.2. The molecule has 1 amide bonds. The molecule has 0 fully saturated rings. The van der Waals surface area contributed by atoms with Crippen molar-refractivity contribution in [3.05, 3.63) is 30.1 Å². The molecule has 3 rings (SSSR count). The van der Waals surface area contributed by atoms with E-state index in [9.17, 15) is 13.2 Å². The third-order valence-corrected chi connectivity index (χ3v) is 7.30. The second kappa shape index (κ2) is 8.51. The standard InChI is InChI=1S/C17H22N6O4S2/c1-5-22(6-2)29(25,26)13-7-8-14-19-20-17(23(14)10-13)28-12(4)16(24)18-15-9-11(3)21-27-15/h7-10,12H,5-6H2,1-4H3,(H,18,24)/t12-/m0/s1. The summed E-state index contributed by atoms with van der Waals surface area (Å²) in [4.78, 5) is 12.5. The molecule has 10 nitrogen and oxygen atoms in total. The molecule has 29 heavy (non-hydrogen) atoms. The maximum atomic E-state index is 12.8. The number of hydrogen-bond donors (Lipinski definition) is 1. The monoisotopic (exact) mass is 438 g/mol. The van der Waals surface area contributed by atoms with Crippen molar-refractivity contribution in [2.24, 2.45) is 0 Å². The zero-order valence-corrected chi connectivity index (χ0v) is 18.1. The lowest BCUT2D eigenvalue weighted by Gasteiger charge is -2.18. The minimum atomic E-state index is -3.62. The highest BCUT2D eigenvalue weighted by Gasteiger charge is 2.24. The predicted molar refractivity (Wildman–Crippen MR) is 108 cm³/mol. The number of nitrogens with zero attached hydrogens (tertiary/aromatic N) is 5. The molecule has 0 radical (unpaired) electrons. The van der Waals surface area contributed by atoms with Crippen LogP contribution in [0.25, 0.3) is 5.65 Å². The number of carbonyl (C=O) groups excluding carboxylic acids is 1. The summed E-state index contributed by atoms with van der Waals surface area (Å²) in [7, 11) is -3.62. The Kier molecular flexibility index (Phi) is 6.24. The van der Waals surface area contributed by atoms with Gasteiger partial charge in [-0.3, -0.25) is 14.5 Å². The molecule has 3 aromatic rings. The second-order valence-electron chi connectivity index (χ2n) is 6.25. The van der Waals surface area contributed by atoms with E-state index in [1.54, 1.807) is 44.2 Å². The first-order chi connectivity index (χ1) is 13.8. The molecular formula is C17H22N6O4S2. The van der Waals surface area contributed by atoms with Crippen LogP contribution >= 0.6 is 11.8 Å². The molecule has 0 aromatic carbocycles. The average Bonchev–Trinajstić information content (AvgIpc) is 3.28. The first kappa shape index (κ1) is 21.3. The van der Waals surface area contributed by atoms with Crippen molar-refractivity contribution in [2.75, 3.05) is 18.4 Å². The van der Waals surface area contributed by atoms with Crippen molar-refractivity contribution in [3.8, 4) is 0 Å². The van der Waals surface area contributed by atoms with E-state index in [2.05, 4.69) is 20.7 Å². The number of pyridine rings is 1. The van der Waals surface area contributed by atoms with Gasteiger partial charge in [-0.1, -0.05) is 30.8 Å². The summed E-state index contributed by atoms with van der Waals surface area (Å²) in [5.74, 6) is -0.0338. The number of amides is 1. The Hall–Kier alpha value is -2.44. The van der Waals surface area contributed by atoms with Gasteiger partial charge in [0.25, 0.3) is 0 Å². The Balaban J connectivity index is 1.83. The minimum absolute atomic E-state index is 0.143. The number of aromatic nitrogens is 4. The summed E-state index contributed by atoms with van der Waals surface area (Å²) in [5, 5.41) is 14.4. The van der Waals surface area contributed by atoms with Crippen LogP contribution in [0.15, 0.2) is 39.0 Å². The van der Waals surface area contributed by atoms with E-state index < -0.39 is 15.3 Å². The van der Waals surface area contributed by atoms with Crippen molar-refractivity contribution in [3.63, 3.8) is 0 Å². The normalized spacial score (nSPS) is 13.1. The van der Waals surface area contributed by atoms with E-state index in [0.29, 0.717) is 29.6 Å². The highest BCUT2D eigenvalue weighted by Crippen LogP contribution is 2.25. The lowest BCUT2D eigenvalue weighted by Crippen LogP contribution is -2.30. The Morgan fingerprint density at radius 2 is 2.03 bits per heavy atom. The molecule has 1 N–H and O–H groups in total. The van der Waals surface area contributed by atoms with Gasteiger partial charge in [0.1, 0.15) is 0 Å². The van der Waals surface area contributed by atoms with Gasteiger partial charge >= 0.3 is 0 Å². The summed E-state index contributed by atoms with van der Waals surface area (Å²) < 4.78 is 33.5. The Labute approximate surface area is 172 Å². The van der Waals surface area contributed by atoms with Gasteiger partial charge in [-0.25, -0.2) is 8.42 Å². The molecular weight excluding hydrogens is 416 g/mol. The van der Waals surface area contributed by atoms with Crippen molar-refractivity contribution >= 4 is 39.2 Å². The van der Waals surface area contributed by atoms with Crippen LogP contribution in [0.2, 0.25) is 0 Å². The molecule has 0 spiro atoms. The number of thioether (sulfide) groups is 1. The third-order valence-electron chi connectivity index (χ3n) is 4.21. The van der Waals surface area contributed by atoms with Gasteiger partial charge in [0.05, 0.1) is 15.8 Å². The topological polar surface area (TPSA) is 123 Å². The molecule has 1 atom stereocenters. The maximum Gasteiger partial charge on any atom is 0.244 e. The molecule has 3 heterocycles. The summed E-state index contributed by atoms with van der Waals surface area (Å²) >= 11 is 1.16. The molecule has 0 bridgehead atoms. The van der Waals surface area contributed by atoms with E-state index in [1.165, 1.54) is 16.6 Å². The van der Waals surface area contributed by atoms with E-state index in [0.717, 1.165) is 11.8 Å². The minimum Gasteiger partial charge on any atom is -0.338 e. The predicted octanol–water partition coefficient (Wildman–Crippen LogP) is 2.18. The van der Waals surface area contributed by atoms with Crippen LogP contribution in [0.4, 0.5) is 5.88 Å². The molecule has 0 aliphatic carbocycles. The molecule has 3 aromatic heterocycles. The third kappa shape index (κ3) is 4.43. The number of fused-ring (bicyclic) bond motifs is 1. The molecule has 0 saturated carbocycles. The Bertz CT molecular complexity index is 1120. The first-order valence-electron chi connectivity index (χ1n) is 9.02. The van der Waals surface area contributed by atoms with Gasteiger partial charge in [0, 0.05) is 25.4 Å². The molecule has 0 aliphatic rings. The quantitative estimate of drug-likeness (QED) is 0.531. The number of sulfonamides is 1. The van der Waals surface area contributed by atoms with Gasteiger partial charge in [0.2, 0.25) is 21.8 Å². The first-order valence-corrected chi connectivity index (χ1v) is 11.3. The van der Waals surface area contributed by atoms with Crippen LogP contribution in [0, 0.1) is 6.92 Å². The smallest absolute Gasteiger partial charge is 0.244 e. The number of nitrogens with one attached hydrogen (secondary N) is 1. The van der Waals surface area contributed by atoms with E-state index in [4.69, 9.17) is 4.52 Å². The zero-order chi connectivity index (χ0) is 21.2. The van der Waals surface area contributed by atoms with Crippen molar-refractivity contribution in [2.45, 2.75) is 43.0 Å². The Morgan fingerprint density at radius 1 is 1.31 bits per heavy atom. The number of aryl methyl sites for hydroxylation is 1. The summed E-state index contributed by atoms with van der Waals surface area (Å²) in [5.41, 5.74) is 1.15. The van der Waals surface area contributed by atoms with E-state index >= 15 is 0 Å². The SMILES string of the molecule is CCN(CC)S(=O)(=O)c1ccc2nnc(S[C@@H](C)C(=O)Nc3cc(C)no3)n2c1. The fraction of sp³-hybridized carbons (Fsp3) is 0.412. The van der Waals surface area contributed by atoms with Crippen LogP contribution < -0.4 is 5.32 Å². The molecule has 0 aliphatic heterocycles. The van der Waals surface area contributed by atoms with Crippen LogP contribution in [-0.4, -0.2) is 56.7 Å². The summed E-state index contributed by atoms with van der Waals surface area (Å²) in [6.45, 7) is 7.79. The average molecular weight is 439 g/mol. The highest BCUT2D eigenvalue weighted by molar-refractivity contribution is 8.00. The summed E-state index contributed by atoms with van der Waals surface area (Å²) in [6, 6.07) is 4.72. The van der Waals surface area contributed by atoms with E-state index in [-0.39, 0.29) is 16.7 Å². The van der Waals surface area contributed by atoms with Crippen molar-refractivity contribution in [1.82, 2.24) is 24.1 Å². The van der Waals surface area contributed by atoms with Gasteiger partial charge in [-0.15, -0.1) is 10.2 Å². The fourth-order valence-electron chi connectivity index (χ4n) is 2.65. The van der Waals surface area contributed by atoms with E-state index in [1.807, 2.05) is 0 Å². The molecule has 156 valence electrons. The fourth-order valence-corrected chi connectivity index (χ4v) is 4.94. The van der Waals surface area contributed by atoms with Crippen LogP contribution in [0.3, 0.4) is 0 Å².